The maximum absolute atomic E-state index is 12.5. The summed E-state index contributed by atoms with van der Waals surface area (Å²) in [5.74, 6) is 0.696. The summed E-state index contributed by atoms with van der Waals surface area (Å²) in [6.45, 7) is 4.12. The fourth-order valence-electron chi connectivity index (χ4n) is 2.71. The summed E-state index contributed by atoms with van der Waals surface area (Å²) in [6.07, 6.45) is 7.15. The van der Waals surface area contributed by atoms with Gasteiger partial charge in [0.05, 0.1) is 12.2 Å². The zero-order valence-corrected chi connectivity index (χ0v) is 14.5. The first kappa shape index (κ1) is 16.8. The summed E-state index contributed by atoms with van der Waals surface area (Å²) in [5.41, 5.74) is 1.90. The van der Waals surface area contributed by atoms with E-state index in [1.807, 2.05) is 54.3 Å². The van der Waals surface area contributed by atoms with Crippen LogP contribution in [0, 0.1) is 5.92 Å². The van der Waals surface area contributed by atoms with E-state index in [1.54, 1.807) is 17.1 Å². The number of urea groups is 1. The lowest BCUT2D eigenvalue weighted by Crippen LogP contribution is -2.35. The van der Waals surface area contributed by atoms with Gasteiger partial charge in [-0.15, -0.1) is 0 Å². The molecule has 3 aromatic rings. The third-order valence-corrected chi connectivity index (χ3v) is 3.94. The highest BCUT2D eigenvalue weighted by Crippen LogP contribution is 2.21. The molecule has 0 radical (unpaired) electrons. The molecule has 1 atom stereocenters. The maximum atomic E-state index is 12.5. The highest BCUT2D eigenvalue weighted by Gasteiger charge is 2.20. The number of nitrogens with zero attached hydrogens (tertiary/aromatic N) is 4. The zero-order valence-electron chi connectivity index (χ0n) is 14.5. The van der Waals surface area contributed by atoms with Crippen LogP contribution in [0.5, 0.6) is 0 Å². The van der Waals surface area contributed by atoms with Gasteiger partial charge < -0.3 is 5.32 Å². The second-order valence-corrected chi connectivity index (χ2v) is 6.22. The van der Waals surface area contributed by atoms with Crippen LogP contribution in [0.25, 0.3) is 5.69 Å². The summed E-state index contributed by atoms with van der Waals surface area (Å²) < 4.78 is 3.56. The van der Waals surface area contributed by atoms with Crippen molar-refractivity contribution in [3.05, 3.63) is 60.7 Å². The van der Waals surface area contributed by atoms with Crippen molar-refractivity contribution >= 4 is 12.0 Å². The molecule has 0 bridgehead atoms. The molecule has 25 heavy (non-hydrogen) atoms. The first-order valence-electron chi connectivity index (χ1n) is 8.19. The highest BCUT2D eigenvalue weighted by atomic mass is 16.2. The molecule has 0 aliphatic heterocycles. The average Bonchev–Trinajstić information content (AvgIpc) is 3.22. The van der Waals surface area contributed by atoms with Crippen molar-refractivity contribution in [3.63, 3.8) is 0 Å². The van der Waals surface area contributed by atoms with Gasteiger partial charge in [0.15, 0.2) is 0 Å². The van der Waals surface area contributed by atoms with Crippen LogP contribution < -0.4 is 10.6 Å². The van der Waals surface area contributed by atoms with Crippen molar-refractivity contribution in [2.75, 3.05) is 5.32 Å². The van der Waals surface area contributed by atoms with Crippen LogP contribution in [0.3, 0.4) is 0 Å². The number of benzene rings is 1. The first-order chi connectivity index (χ1) is 12.0. The first-order valence-corrected chi connectivity index (χ1v) is 8.19. The van der Waals surface area contributed by atoms with E-state index in [0.29, 0.717) is 5.95 Å². The molecule has 0 saturated carbocycles. The molecule has 0 spiro atoms. The predicted octanol–water partition coefficient (Wildman–Crippen LogP) is 3.12. The van der Waals surface area contributed by atoms with Crippen LogP contribution in [0.1, 0.15) is 25.5 Å². The van der Waals surface area contributed by atoms with Gasteiger partial charge in [-0.1, -0.05) is 32.0 Å². The van der Waals surface area contributed by atoms with Crippen molar-refractivity contribution in [3.8, 4) is 5.69 Å². The third-order valence-electron chi connectivity index (χ3n) is 3.94. The predicted molar refractivity (Wildman–Crippen MR) is 96.5 cm³/mol. The molecule has 0 fully saturated rings. The molecule has 1 unspecified atom stereocenters. The SMILES string of the molecule is CC(C)C(NC(=O)Nc1nccn1-c1ccccc1)c1cnn(C)c1. The lowest BCUT2D eigenvalue weighted by molar-refractivity contribution is 0.244. The Hall–Kier alpha value is -3.09. The minimum Gasteiger partial charge on any atom is -0.331 e. The maximum Gasteiger partial charge on any atom is 0.322 e. The van der Waals surface area contributed by atoms with E-state index < -0.39 is 0 Å². The average molecular weight is 338 g/mol. The van der Waals surface area contributed by atoms with E-state index in [9.17, 15) is 4.79 Å². The minimum absolute atomic E-state index is 0.131. The van der Waals surface area contributed by atoms with Crippen LogP contribution in [-0.2, 0) is 7.05 Å². The van der Waals surface area contributed by atoms with E-state index in [1.165, 1.54) is 0 Å². The Morgan fingerprint density at radius 1 is 1.20 bits per heavy atom. The normalized spacial score (nSPS) is 12.2. The van der Waals surface area contributed by atoms with Crippen LogP contribution in [0.4, 0.5) is 10.7 Å². The van der Waals surface area contributed by atoms with Crippen LogP contribution in [-0.4, -0.2) is 25.4 Å². The summed E-state index contributed by atoms with van der Waals surface area (Å²) in [5, 5.41) is 10.0. The lowest BCUT2D eigenvalue weighted by Gasteiger charge is -2.21. The minimum atomic E-state index is -0.300. The molecule has 130 valence electrons. The Labute approximate surface area is 146 Å². The number of carbonyl (C=O) groups is 1. The number of hydrogen-bond acceptors (Lipinski definition) is 3. The van der Waals surface area contributed by atoms with E-state index in [4.69, 9.17) is 0 Å². The Kier molecular flexibility index (Phi) is 4.83. The highest BCUT2D eigenvalue weighted by molar-refractivity contribution is 5.88. The second kappa shape index (κ2) is 7.21. The van der Waals surface area contributed by atoms with Crippen LogP contribution in [0.15, 0.2) is 55.1 Å². The van der Waals surface area contributed by atoms with Crippen molar-refractivity contribution < 1.29 is 4.79 Å². The fraction of sp³-hybridized carbons (Fsp3) is 0.278. The molecule has 2 N–H and O–H groups in total. The van der Waals surface area contributed by atoms with Gasteiger partial charge in [0.1, 0.15) is 0 Å². The van der Waals surface area contributed by atoms with Crippen molar-refractivity contribution in [1.82, 2.24) is 24.6 Å². The van der Waals surface area contributed by atoms with Crippen molar-refractivity contribution in [1.29, 1.82) is 0 Å². The summed E-state index contributed by atoms with van der Waals surface area (Å²) in [4.78, 5) is 16.7. The van der Waals surface area contributed by atoms with Gasteiger partial charge in [-0.3, -0.25) is 14.6 Å². The summed E-state index contributed by atoms with van der Waals surface area (Å²) >= 11 is 0. The molecule has 3 rings (SSSR count). The monoisotopic (exact) mass is 338 g/mol. The number of aryl methyl sites for hydroxylation is 1. The molecule has 0 saturated heterocycles. The third kappa shape index (κ3) is 3.88. The molecule has 7 nitrogen and oxygen atoms in total. The molecule has 1 aromatic carbocycles. The van der Waals surface area contributed by atoms with Gasteiger partial charge in [-0.25, -0.2) is 9.78 Å². The quantitative estimate of drug-likeness (QED) is 0.750. The van der Waals surface area contributed by atoms with Crippen LogP contribution >= 0.6 is 0 Å². The molecular weight excluding hydrogens is 316 g/mol. The van der Waals surface area contributed by atoms with Crippen LogP contribution in [0.2, 0.25) is 0 Å². The number of amides is 2. The molecule has 2 amide bonds. The smallest absolute Gasteiger partial charge is 0.322 e. The van der Waals surface area contributed by atoms with Crippen molar-refractivity contribution in [2.24, 2.45) is 13.0 Å². The number of carbonyl (C=O) groups excluding carboxylic acids is 1. The van der Waals surface area contributed by atoms with Gasteiger partial charge in [0.2, 0.25) is 5.95 Å². The number of hydrogen-bond donors (Lipinski definition) is 2. The molecule has 2 aromatic heterocycles. The number of imidazole rings is 1. The number of rotatable bonds is 5. The van der Waals surface area contributed by atoms with E-state index in [-0.39, 0.29) is 18.0 Å². The summed E-state index contributed by atoms with van der Waals surface area (Å²) in [6, 6.07) is 9.31. The van der Waals surface area contributed by atoms with Gasteiger partial charge in [0.25, 0.3) is 0 Å². The number of para-hydroxylation sites is 1. The van der Waals surface area contributed by atoms with Gasteiger partial charge in [-0.05, 0) is 18.1 Å². The fourth-order valence-corrected chi connectivity index (χ4v) is 2.71. The number of aromatic nitrogens is 4. The topological polar surface area (TPSA) is 76.8 Å². The largest absolute Gasteiger partial charge is 0.331 e. The number of nitrogens with one attached hydrogen (secondary N) is 2. The molecule has 2 heterocycles. The van der Waals surface area contributed by atoms with Crippen molar-refractivity contribution in [2.45, 2.75) is 19.9 Å². The van der Waals surface area contributed by atoms with Gasteiger partial charge >= 0.3 is 6.03 Å². The Morgan fingerprint density at radius 2 is 1.96 bits per heavy atom. The molecule has 0 aliphatic carbocycles. The van der Waals surface area contributed by atoms with E-state index in [2.05, 4.69) is 34.6 Å². The Balaban J connectivity index is 1.73. The Bertz CT molecular complexity index is 836. The molecule has 0 aliphatic rings. The second-order valence-electron chi connectivity index (χ2n) is 6.22. The van der Waals surface area contributed by atoms with Gasteiger partial charge in [-0.2, -0.15) is 5.10 Å². The zero-order chi connectivity index (χ0) is 17.8. The standard InChI is InChI=1S/C18H22N6O/c1-13(2)16(14-11-20-23(3)12-14)21-18(25)22-17-19-9-10-24(17)15-7-5-4-6-8-15/h4-13,16H,1-3H3,(H2,19,21,22,25). The van der Waals surface area contributed by atoms with Gasteiger partial charge in [0, 0.05) is 36.9 Å². The Morgan fingerprint density at radius 3 is 2.60 bits per heavy atom. The molecule has 7 heteroatoms. The lowest BCUT2D eigenvalue weighted by atomic mass is 9.99. The molecular formula is C18H22N6O. The van der Waals surface area contributed by atoms with E-state index >= 15 is 0 Å². The number of anilines is 1. The summed E-state index contributed by atoms with van der Waals surface area (Å²) in [7, 11) is 1.86. The van der Waals surface area contributed by atoms with E-state index in [0.717, 1.165) is 11.3 Å².